The van der Waals surface area contributed by atoms with Gasteiger partial charge in [-0.3, -0.25) is 30.6 Å². The molecule has 9 heteroatoms. The number of benzene rings is 2. The van der Waals surface area contributed by atoms with Crippen LogP contribution >= 0.6 is 11.6 Å². The predicted molar refractivity (Wildman–Crippen MR) is 83.8 cm³/mol. The van der Waals surface area contributed by atoms with E-state index in [1.165, 1.54) is 30.3 Å². The Kier molecular flexibility index (Phi) is 5.43. The second-order valence-corrected chi connectivity index (χ2v) is 5.09. The first-order valence-electron chi connectivity index (χ1n) is 6.65. The van der Waals surface area contributed by atoms with Crippen LogP contribution in [0, 0.1) is 15.9 Å². The number of carbonyl (C=O) groups is 2. The zero-order valence-electron chi connectivity index (χ0n) is 12.1. The van der Waals surface area contributed by atoms with E-state index in [-0.39, 0.29) is 28.3 Å². The Labute approximate surface area is 140 Å². The number of nitrogens with one attached hydrogen (secondary N) is 2. The third kappa shape index (κ3) is 4.26. The third-order valence-electron chi connectivity index (χ3n) is 3.05. The molecule has 0 aromatic heterocycles. The van der Waals surface area contributed by atoms with Crippen LogP contribution in [-0.2, 0) is 11.2 Å². The largest absolute Gasteiger partial charge is 0.273 e. The molecule has 2 aromatic carbocycles. The molecule has 0 spiro atoms. The van der Waals surface area contributed by atoms with Gasteiger partial charge in [0.05, 0.1) is 11.3 Å². The lowest BCUT2D eigenvalue weighted by Gasteiger charge is -2.09. The fraction of sp³-hybridized carbons (Fsp3) is 0.0667. The number of amides is 2. The summed E-state index contributed by atoms with van der Waals surface area (Å²) in [5, 5.41) is 10.6. The summed E-state index contributed by atoms with van der Waals surface area (Å²) in [5.41, 5.74) is 4.22. The van der Waals surface area contributed by atoms with Crippen molar-refractivity contribution in [3.05, 3.63) is 74.5 Å². The van der Waals surface area contributed by atoms with E-state index in [2.05, 4.69) is 10.9 Å². The summed E-state index contributed by atoms with van der Waals surface area (Å²) in [6, 6.07) is 8.84. The van der Waals surface area contributed by atoms with Gasteiger partial charge in [-0.1, -0.05) is 17.7 Å². The first kappa shape index (κ1) is 17.4. The van der Waals surface area contributed by atoms with Crippen molar-refractivity contribution in [1.29, 1.82) is 0 Å². The summed E-state index contributed by atoms with van der Waals surface area (Å²) in [5.74, 6) is -1.96. The van der Waals surface area contributed by atoms with Crippen molar-refractivity contribution < 1.29 is 18.9 Å². The summed E-state index contributed by atoms with van der Waals surface area (Å²) in [7, 11) is 0. The number of rotatable bonds is 4. The molecule has 0 saturated heterocycles. The Balaban J connectivity index is 1.94. The Morgan fingerprint density at radius 2 is 1.79 bits per heavy atom. The highest BCUT2D eigenvalue weighted by Crippen LogP contribution is 2.19. The van der Waals surface area contributed by atoms with Gasteiger partial charge in [-0.05, 0) is 24.3 Å². The zero-order valence-corrected chi connectivity index (χ0v) is 12.8. The number of nitro benzene ring substituents is 1. The number of hydrogen-bond donors (Lipinski definition) is 2. The molecule has 0 radical (unpaired) electrons. The van der Waals surface area contributed by atoms with Crippen molar-refractivity contribution in [3.63, 3.8) is 0 Å². The fourth-order valence-corrected chi connectivity index (χ4v) is 2.07. The molecule has 7 nitrogen and oxygen atoms in total. The monoisotopic (exact) mass is 351 g/mol. The minimum Gasteiger partial charge on any atom is -0.273 e. The molecule has 0 aliphatic carbocycles. The highest BCUT2D eigenvalue weighted by Gasteiger charge is 2.13. The molecule has 0 saturated carbocycles. The van der Waals surface area contributed by atoms with Gasteiger partial charge in [0.25, 0.3) is 11.6 Å². The molecule has 0 atom stereocenters. The van der Waals surface area contributed by atoms with Gasteiger partial charge >= 0.3 is 0 Å². The first-order chi connectivity index (χ1) is 11.4. The summed E-state index contributed by atoms with van der Waals surface area (Å²) >= 11 is 5.81. The Bertz CT molecular complexity index is 776. The lowest BCUT2D eigenvalue weighted by Crippen LogP contribution is -2.42. The Hall–Kier alpha value is -3.00. The third-order valence-corrected chi connectivity index (χ3v) is 3.41. The van der Waals surface area contributed by atoms with Crippen LogP contribution in [-0.4, -0.2) is 16.7 Å². The molecule has 0 aliphatic heterocycles. The van der Waals surface area contributed by atoms with Crippen LogP contribution in [0.25, 0.3) is 0 Å². The second-order valence-electron chi connectivity index (χ2n) is 4.68. The lowest BCUT2D eigenvalue weighted by molar-refractivity contribution is -0.384. The molecule has 0 fully saturated rings. The van der Waals surface area contributed by atoms with E-state index in [4.69, 9.17) is 11.6 Å². The molecule has 0 heterocycles. The highest BCUT2D eigenvalue weighted by atomic mass is 35.5. The number of hydrazine groups is 1. The van der Waals surface area contributed by atoms with Crippen molar-refractivity contribution >= 4 is 29.1 Å². The SMILES string of the molecule is O=C(Cc1c(F)cccc1Cl)NNC(=O)c1ccc([N+](=O)[O-])cc1. The van der Waals surface area contributed by atoms with Gasteiger partial charge in [0.1, 0.15) is 5.82 Å². The molecular weight excluding hydrogens is 341 g/mol. The van der Waals surface area contributed by atoms with Gasteiger partial charge in [-0.15, -0.1) is 0 Å². The molecule has 2 N–H and O–H groups in total. The van der Waals surface area contributed by atoms with Crippen molar-refractivity contribution in [2.45, 2.75) is 6.42 Å². The van der Waals surface area contributed by atoms with Crippen LogP contribution in [0.4, 0.5) is 10.1 Å². The first-order valence-corrected chi connectivity index (χ1v) is 7.03. The summed E-state index contributed by atoms with van der Waals surface area (Å²) in [4.78, 5) is 33.5. The van der Waals surface area contributed by atoms with Crippen LogP contribution < -0.4 is 10.9 Å². The molecule has 24 heavy (non-hydrogen) atoms. The molecule has 0 aliphatic rings. The van der Waals surface area contributed by atoms with Gasteiger partial charge in [0, 0.05) is 28.3 Å². The van der Waals surface area contributed by atoms with E-state index >= 15 is 0 Å². The lowest BCUT2D eigenvalue weighted by atomic mass is 10.1. The maximum absolute atomic E-state index is 13.6. The average Bonchev–Trinajstić information content (AvgIpc) is 2.56. The van der Waals surface area contributed by atoms with Gasteiger partial charge in [0.15, 0.2) is 0 Å². The van der Waals surface area contributed by atoms with E-state index in [9.17, 15) is 24.1 Å². The fourth-order valence-electron chi connectivity index (χ4n) is 1.84. The van der Waals surface area contributed by atoms with Crippen molar-refractivity contribution in [3.8, 4) is 0 Å². The summed E-state index contributed by atoms with van der Waals surface area (Å²) < 4.78 is 13.6. The average molecular weight is 352 g/mol. The minimum absolute atomic E-state index is 0.0150. The number of non-ortho nitro benzene ring substituents is 1. The number of nitro groups is 1. The summed E-state index contributed by atoms with van der Waals surface area (Å²) in [6.45, 7) is 0. The van der Waals surface area contributed by atoms with Gasteiger partial charge in [0.2, 0.25) is 5.91 Å². The van der Waals surface area contributed by atoms with Crippen molar-refractivity contribution in [2.75, 3.05) is 0 Å². The smallest absolute Gasteiger partial charge is 0.269 e. The van der Waals surface area contributed by atoms with Crippen LogP contribution in [0.5, 0.6) is 0 Å². The topological polar surface area (TPSA) is 101 Å². The number of carbonyl (C=O) groups excluding carboxylic acids is 2. The zero-order chi connectivity index (χ0) is 17.7. The van der Waals surface area contributed by atoms with Crippen LogP contribution in [0.15, 0.2) is 42.5 Å². The molecule has 0 bridgehead atoms. The molecule has 124 valence electrons. The molecule has 2 rings (SSSR count). The highest BCUT2D eigenvalue weighted by molar-refractivity contribution is 6.31. The predicted octanol–water partition coefficient (Wildman–Crippen LogP) is 2.39. The molecule has 2 aromatic rings. The molecular formula is C15H11ClFN3O4. The normalized spacial score (nSPS) is 10.1. The van der Waals surface area contributed by atoms with E-state index in [0.717, 1.165) is 12.1 Å². The van der Waals surface area contributed by atoms with Crippen molar-refractivity contribution in [1.82, 2.24) is 10.9 Å². The Morgan fingerprint density at radius 3 is 2.38 bits per heavy atom. The molecule has 0 unspecified atom stereocenters. The van der Waals surface area contributed by atoms with E-state index in [0.29, 0.717) is 0 Å². The van der Waals surface area contributed by atoms with Crippen LogP contribution in [0.2, 0.25) is 5.02 Å². The van der Waals surface area contributed by atoms with E-state index in [1.807, 2.05) is 0 Å². The standard InChI is InChI=1S/C15H11ClFN3O4/c16-12-2-1-3-13(17)11(12)8-14(21)18-19-15(22)9-4-6-10(7-5-9)20(23)24/h1-7H,8H2,(H,18,21)(H,19,22). The number of nitrogens with zero attached hydrogens (tertiary/aromatic N) is 1. The van der Waals surface area contributed by atoms with Crippen LogP contribution in [0.3, 0.4) is 0 Å². The maximum Gasteiger partial charge on any atom is 0.269 e. The van der Waals surface area contributed by atoms with E-state index in [1.54, 1.807) is 0 Å². The Morgan fingerprint density at radius 1 is 1.12 bits per heavy atom. The summed E-state index contributed by atoms with van der Waals surface area (Å²) in [6.07, 6.45) is -0.355. The minimum atomic E-state index is -0.669. The van der Waals surface area contributed by atoms with Crippen molar-refractivity contribution in [2.24, 2.45) is 0 Å². The van der Waals surface area contributed by atoms with Gasteiger partial charge in [-0.2, -0.15) is 0 Å². The molecule has 2 amide bonds. The van der Waals surface area contributed by atoms with E-state index < -0.39 is 22.6 Å². The second kappa shape index (κ2) is 7.51. The number of halogens is 2. The van der Waals surface area contributed by atoms with Gasteiger partial charge in [-0.25, -0.2) is 4.39 Å². The van der Waals surface area contributed by atoms with Crippen LogP contribution in [0.1, 0.15) is 15.9 Å². The quantitative estimate of drug-likeness (QED) is 0.652. The van der Waals surface area contributed by atoms with Gasteiger partial charge < -0.3 is 0 Å². The number of hydrogen-bond acceptors (Lipinski definition) is 4. The maximum atomic E-state index is 13.6.